The highest BCUT2D eigenvalue weighted by Crippen LogP contribution is 2.26. The van der Waals surface area contributed by atoms with Crippen molar-refractivity contribution >= 4 is 45.9 Å². The molecule has 0 atom stereocenters. The van der Waals surface area contributed by atoms with Gasteiger partial charge in [0.15, 0.2) is 0 Å². The minimum atomic E-state index is -5.14. The van der Waals surface area contributed by atoms with Crippen molar-refractivity contribution in [2.45, 2.75) is 37.4 Å². The van der Waals surface area contributed by atoms with Gasteiger partial charge in [-0.2, -0.15) is 13.2 Å². The van der Waals surface area contributed by atoms with Crippen molar-refractivity contribution in [1.82, 2.24) is 0 Å². The summed E-state index contributed by atoms with van der Waals surface area (Å²) in [5.74, 6) is -2.85. The number of hydrogen-bond acceptors (Lipinski definition) is 7. The quantitative estimate of drug-likeness (QED) is 0.372. The van der Waals surface area contributed by atoms with E-state index in [4.69, 9.17) is 9.39 Å². The summed E-state index contributed by atoms with van der Waals surface area (Å²) in [4.78, 5) is 22.7. The van der Waals surface area contributed by atoms with Gasteiger partial charge in [0.1, 0.15) is 0 Å². The van der Waals surface area contributed by atoms with Crippen molar-refractivity contribution < 1.29 is 45.6 Å². The topological polar surface area (TPSA) is 131 Å². The lowest BCUT2D eigenvalue weighted by Gasteiger charge is -2.15. The summed E-state index contributed by atoms with van der Waals surface area (Å²) in [6.45, 7) is 1.86. The Balaban J connectivity index is 1.91. The van der Waals surface area contributed by atoms with Gasteiger partial charge in [0.25, 0.3) is 10.0 Å². The summed E-state index contributed by atoms with van der Waals surface area (Å²) in [5, 5.41) is 11.5. The molecule has 2 aromatic carbocycles. The zero-order chi connectivity index (χ0) is 25.1. The molecule has 0 fully saturated rings. The van der Waals surface area contributed by atoms with E-state index < -0.39 is 35.2 Å². The first-order valence-corrected chi connectivity index (χ1v) is 11.5. The first-order valence-electron chi connectivity index (χ1n) is 10.0. The molecule has 0 aliphatic carbocycles. The maximum atomic E-state index is 13.1. The van der Waals surface area contributed by atoms with Crippen LogP contribution in [0.1, 0.15) is 24.5 Å². The fourth-order valence-electron chi connectivity index (χ4n) is 3.27. The molecule has 34 heavy (non-hydrogen) atoms. The molecule has 0 spiro atoms. The van der Waals surface area contributed by atoms with E-state index in [9.17, 15) is 36.2 Å². The van der Waals surface area contributed by atoms with Gasteiger partial charge in [-0.15, -0.1) is 0 Å². The van der Waals surface area contributed by atoms with Crippen LogP contribution in [0.4, 0.5) is 24.5 Å². The lowest BCUT2D eigenvalue weighted by Crippen LogP contribution is -2.30. The summed E-state index contributed by atoms with van der Waals surface area (Å²) in [6, 6.07) is 7.54. The molecule has 2 aromatic rings. The molecule has 1 aliphatic rings. The third kappa shape index (κ3) is 6.07. The number of benzene rings is 2. The van der Waals surface area contributed by atoms with E-state index in [-0.39, 0.29) is 47.9 Å². The second-order valence-corrected chi connectivity index (χ2v) is 8.91. The Labute approximate surface area is 193 Å². The first-order chi connectivity index (χ1) is 15.9. The van der Waals surface area contributed by atoms with E-state index in [1.54, 1.807) is 18.3 Å². The molecule has 0 aromatic heterocycles. The third-order valence-corrected chi connectivity index (χ3v) is 6.31. The van der Waals surface area contributed by atoms with E-state index in [2.05, 4.69) is 4.72 Å². The second-order valence-electron chi connectivity index (χ2n) is 7.26. The Morgan fingerprint density at radius 3 is 2.56 bits per heavy atom. The Morgan fingerprint density at radius 1 is 1.18 bits per heavy atom. The normalized spacial score (nSPS) is 13.4. The highest BCUT2D eigenvalue weighted by molar-refractivity contribution is 7.92. The highest BCUT2D eigenvalue weighted by atomic mass is 32.2. The molecular formula is C20H20BF3N2O7S. The highest BCUT2D eigenvalue weighted by Gasteiger charge is 2.38. The summed E-state index contributed by atoms with van der Waals surface area (Å²) < 4.78 is 76.2. The van der Waals surface area contributed by atoms with E-state index in [1.165, 1.54) is 12.1 Å². The first kappa shape index (κ1) is 25.5. The van der Waals surface area contributed by atoms with Crippen LogP contribution in [0.2, 0.25) is 0 Å². The van der Waals surface area contributed by atoms with Gasteiger partial charge in [-0.3, -0.25) is 14.3 Å². The number of alkyl halides is 3. The Hall–Kier alpha value is -3.10. The largest absolute Gasteiger partial charge is 0.491 e. The Kier molecular flexibility index (Phi) is 7.53. The summed E-state index contributed by atoms with van der Waals surface area (Å²) in [5.41, 5.74) is 0.903. The van der Waals surface area contributed by atoms with Crippen LogP contribution in [0.15, 0.2) is 41.3 Å². The molecule has 9 nitrogen and oxygen atoms in total. The van der Waals surface area contributed by atoms with Crippen LogP contribution in [-0.4, -0.2) is 45.2 Å². The molecule has 1 heterocycles. The predicted molar refractivity (Wildman–Crippen MR) is 116 cm³/mol. The molecular weight excluding hydrogens is 480 g/mol. The average molecular weight is 500 g/mol. The van der Waals surface area contributed by atoms with Gasteiger partial charge in [0, 0.05) is 17.8 Å². The number of esters is 1. The van der Waals surface area contributed by atoms with Gasteiger partial charge in [-0.1, -0.05) is 6.07 Å². The van der Waals surface area contributed by atoms with Crippen LogP contribution in [-0.2, 0) is 42.0 Å². The smallest absolute Gasteiger partial charge is 0.466 e. The van der Waals surface area contributed by atoms with Crippen molar-refractivity contribution in [3.05, 3.63) is 47.5 Å². The number of carbonyl (C=O) groups excluding carboxylic acids is 2. The van der Waals surface area contributed by atoms with Crippen molar-refractivity contribution in [2.24, 2.45) is 0 Å². The molecule has 1 amide bonds. The number of carbonyl (C=O) groups is 2. The maximum absolute atomic E-state index is 13.1. The molecule has 14 heteroatoms. The van der Waals surface area contributed by atoms with Crippen LogP contribution in [0, 0.1) is 0 Å². The molecule has 3 rings (SSSR count). The van der Waals surface area contributed by atoms with Gasteiger partial charge in [0.05, 0.1) is 18.1 Å². The fraction of sp³-hybridized carbons (Fsp3) is 0.300. The zero-order valence-electron chi connectivity index (χ0n) is 17.8. The standard InChI is InChI=1S/C20H20BF3N2O7S/c1-2-32-18(27)8-4-12-9-14(25-19(28)20(22,23)24)6-7-17(12)34(30,31)26-15-5-3-13-11-33-21(29)16(13)10-15/h3,5-7,9-10,26,29H,2,4,8,11H2,1H3,(H,25,28). The number of anilines is 2. The summed E-state index contributed by atoms with van der Waals surface area (Å²) >= 11 is 0. The lowest BCUT2D eigenvalue weighted by atomic mass is 9.79. The zero-order valence-corrected chi connectivity index (χ0v) is 18.6. The van der Waals surface area contributed by atoms with E-state index in [0.29, 0.717) is 11.0 Å². The molecule has 0 radical (unpaired) electrons. The van der Waals surface area contributed by atoms with Crippen molar-refractivity contribution in [2.75, 3.05) is 16.6 Å². The molecule has 0 saturated carbocycles. The number of ether oxygens (including phenoxy) is 1. The monoisotopic (exact) mass is 500 g/mol. The third-order valence-electron chi connectivity index (χ3n) is 4.83. The van der Waals surface area contributed by atoms with Crippen LogP contribution >= 0.6 is 0 Å². The van der Waals surface area contributed by atoms with Crippen LogP contribution in [0.25, 0.3) is 0 Å². The fourth-order valence-corrected chi connectivity index (χ4v) is 4.58. The number of halogens is 3. The van der Waals surface area contributed by atoms with Crippen LogP contribution < -0.4 is 15.5 Å². The van der Waals surface area contributed by atoms with E-state index in [1.807, 2.05) is 0 Å². The van der Waals surface area contributed by atoms with E-state index in [0.717, 1.165) is 18.2 Å². The van der Waals surface area contributed by atoms with Crippen molar-refractivity contribution in [1.29, 1.82) is 0 Å². The Morgan fingerprint density at radius 2 is 1.88 bits per heavy atom. The number of rotatable bonds is 8. The molecule has 0 saturated heterocycles. The number of aryl methyl sites for hydroxylation is 1. The van der Waals surface area contributed by atoms with Gasteiger partial charge < -0.3 is 19.7 Å². The number of fused-ring (bicyclic) bond motifs is 1. The number of amides is 1. The second kappa shape index (κ2) is 10.0. The lowest BCUT2D eigenvalue weighted by molar-refractivity contribution is -0.167. The molecule has 3 N–H and O–H groups in total. The van der Waals surface area contributed by atoms with Gasteiger partial charge in [-0.05, 0) is 60.3 Å². The van der Waals surface area contributed by atoms with Gasteiger partial charge >= 0.3 is 25.2 Å². The van der Waals surface area contributed by atoms with Crippen molar-refractivity contribution in [3.8, 4) is 0 Å². The predicted octanol–water partition coefficient (Wildman–Crippen LogP) is 1.70. The number of sulfonamides is 1. The van der Waals surface area contributed by atoms with Gasteiger partial charge in [-0.25, -0.2) is 8.42 Å². The van der Waals surface area contributed by atoms with E-state index >= 15 is 0 Å². The minimum absolute atomic E-state index is 0.00921. The molecule has 182 valence electrons. The summed E-state index contributed by atoms with van der Waals surface area (Å²) in [7, 11) is -5.47. The van der Waals surface area contributed by atoms with Crippen molar-refractivity contribution in [3.63, 3.8) is 0 Å². The molecule has 1 aliphatic heterocycles. The number of nitrogens with one attached hydrogen (secondary N) is 2. The SMILES string of the molecule is CCOC(=O)CCc1cc(NC(=O)C(F)(F)F)ccc1S(=O)(=O)Nc1ccc2c(c1)B(O)OC2. The number of hydrogen-bond donors (Lipinski definition) is 3. The minimum Gasteiger partial charge on any atom is -0.466 e. The van der Waals surface area contributed by atoms with Crippen LogP contribution in [0.3, 0.4) is 0 Å². The molecule has 0 unspecified atom stereocenters. The Bertz CT molecular complexity index is 1210. The molecule has 0 bridgehead atoms. The summed E-state index contributed by atoms with van der Waals surface area (Å²) in [6.07, 6.45) is -5.56. The average Bonchev–Trinajstić information content (AvgIpc) is 3.11. The van der Waals surface area contributed by atoms with Gasteiger partial charge in [0.2, 0.25) is 0 Å². The van der Waals surface area contributed by atoms with Crippen LogP contribution in [0.5, 0.6) is 0 Å². The maximum Gasteiger partial charge on any atom is 0.491 e.